The maximum absolute atomic E-state index is 13.2. The monoisotopic (exact) mass is 292 g/mol. The summed E-state index contributed by atoms with van der Waals surface area (Å²) in [4.78, 5) is 10.5. The summed E-state index contributed by atoms with van der Waals surface area (Å²) in [6.07, 6.45) is 0. The molecule has 2 aromatic rings. The summed E-state index contributed by atoms with van der Waals surface area (Å²) < 4.78 is 26.1. The first-order valence-electron chi connectivity index (χ1n) is 6.39. The van der Waals surface area contributed by atoms with E-state index in [1.165, 1.54) is 12.1 Å². The van der Waals surface area contributed by atoms with E-state index in [0.29, 0.717) is 11.1 Å². The molecular weight excluding hydrogens is 278 g/mol. The third-order valence-electron chi connectivity index (χ3n) is 3.23. The van der Waals surface area contributed by atoms with Crippen LogP contribution < -0.4 is 5.32 Å². The van der Waals surface area contributed by atoms with E-state index in [1.807, 2.05) is 0 Å². The number of hydrogen-bond acceptors (Lipinski definition) is 3. The number of nitro groups is 1. The normalized spacial score (nSPS) is 12.1. The topological polar surface area (TPSA) is 55.2 Å². The van der Waals surface area contributed by atoms with Gasteiger partial charge in [0, 0.05) is 24.2 Å². The molecule has 110 valence electrons. The van der Waals surface area contributed by atoms with Gasteiger partial charge in [-0.15, -0.1) is 0 Å². The fourth-order valence-electron chi connectivity index (χ4n) is 2.00. The molecule has 1 atom stereocenters. The number of para-hydroxylation sites is 1. The number of nitrogens with one attached hydrogen (secondary N) is 1. The number of nitro benzene ring substituents is 1. The van der Waals surface area contributed by atoms with E-state index in [1.54, 1.807) is 25.1 Å². The fraction of sp³-hybridized carbons (Fsp3) is 0.200. The Bertz CT molecular complexity index is 662. The van der Waals surface area contributed by atoms with Gasteiger partial charge in [-0.3, -0.25) is 10.1 Å². The molecule has 0 aliphatic heterocycles. The highest BCUT2D eigenvalue weighted by molar-refractivity contribution is 5.39. The van der Waals surface area contributed by atoms with Gasteiger partial charge in [0.05, 0.1) is 4.92 Å². The van der Waals surface area contributed by atoms with Gasteiger partial charge in [-0.2, -0.15) is 0 Å². The first kappa shape index (κ1) is 15.1. The highest BCUT2D eigenvalue weighted by Gasteiger charge is 2.14. The number of benzene rings is 2. The lowest BCUT2D eigenvalue weighted by atomic mass is 10.1. The molecule has 0 radical (unpaired) electrons. The maximum Gasteiger partial charge on any atom is 0.273 e. The molecule has 0 saturated carbocycles. The minimum atomic E-state index is -0.910. The van der Waals surface area contributed by atoms with Crippen LogP contribution in [0.25, 0.3) is 0 Å². The molecule has 0 spiro atoms. The van der Waals surface area contributed by atoms with Crippen LogP contribution in [0, 0.1) is 21.7 Å². The van der Waals surface area contributed by atoms with Crippen molar-refractivity contribution in [1.29, 1.82) is 0 Å². The van der Waals surface area contributed by atoms with Crippen molar-refractivity contribution in [2.75, 3.05) is 0 Å². The average Bonchev–Trinajstić information content (AvgIpc) is 2.47. The molecule has 4 nitrogen and oxygen atoms in total. The Balaban J connectivity index is 2.09. The third kappa shape index (κ3) is 3.61. The summed E-state index contributed by atoms with van der Waals surface area (Å²) in [5.41, 5.74) is 1.15. The lowest BCUT2D eigenvalue weighted by Crippen LogP contribution is -2.19. The van der Waals surface area contributed by atoms with Gasteiger partial charge in [0.15, 0.2) is 11.6 Å². The Morgan fingerprint density at radius 3 is 2.57 bits per heavy atom. The predicted molar refractivity (Wildman–Crippen MR) is 74.7 cm³/mol. The highest BCUT2D eigenvalue weighted by atomic mass is 19.2. The summed E-state index contributed by atoms with van der Waals surface area (Å²) >= 11 is 0. The zero-order chi connectivity index (χ0) is 15.4. The molecule has 0 aromatic heterocycles. The van der Waals surface area contributed by atoms with Crippen molar-refractivity contribution in [1.82, 2.24) is 5.32 Å². The number of hydrogen-bond donors (Lipinski definition) is 1. The van der Waals surface area contributed by atoms with Crippen molar-refractivity contribution in [3.63, 3.8) is 0 Å². The lowest BCUT2D eigenvalue weighted by molar-refractivity contribution is -0.385. The van der Waals surface area contributed by atoms with Gasteiger partial charge < -0.3 is 5.32 Å². The van der Waals surface area contributed by atoms with E-state index in [9.17, 15) is 18.9 Å². The summed E-state index contributed by atoms with van der Waals surface area (Å²) in [5, 5.41) is 14.0. The van der Waals surface area contributed by atoms with Gasteiger partial charge in [0.1, 0.15) is 0 Å². The summed E-state index contributed by atoms with van der Waals surface area (Å²) in [7, 11) is 0. The van der Waals surface area contributed by atoms with Gasteiger partial charge in [-0.25, -0.2) is 8.78 Å². The fourth-order valence-corrected chi connectivity index (χ4v) is 2.00. The summed E-state index contributed by atoms with van der Waals surface area (Å²) in [6.45, 7) is 2.04. The smallest absolute Gasteiger partial charge is 0.273 e. The van der Waals surface area contributed by atoms with Crippen LogP contribution in [0.1, 0.15) is 24.1 Å². The SMILES string of the molecule is CC(NCc1ccccc1[N+](=O)[O-])c1ccc(F)c(F)c1. The first-order chi connectivity index (χ1) is 9.99. The van der Waals surface area contributed by atoms with E-state index in [0.717, 1.165) is 12.1 Å². The molecule has 0 aliphatic carbocycles. The third-order valence-corrected chi connectivity index (χ3v) is 3.23. The van der Waals surface area contributed by atoms with Crippen LogP contribution in [0.2, 0.25) is 0 Å². The Labute approximate surface area is 120 Å². The Morgan fingerprint density at radius 2 is 1.90 bits per heavy atom. The summed E-state index contributed by atoms with van der Waals surface area (Å²) in [6, 6.07) is 9.80. The molecule has 0 amide bonds. The van der Waals surface area contributed by atoms with Crippen molar-refractivity contribution in [2.45, 2.75) is 19.5 Å². The minimum absolute atomic E-state index is 0.0301. The molecule has 0 heterocycles. The van der Waals surface area contributed by atoms with Crippen LogP contribution in [-0.4, -0.2) is 4.92 Å². The highest BCUT2D eigenvalue weighted by Crippen LogP contribution is 2.20. The van der Waals surface area contributed by atoms with Crippen LogP contribution in [0.3, 0.4) is 0 Å². The van der Waals surface area contributed by atoms with Crippen LogP contribution in [0.15, 0.2) is 42.5 Å². The predicted octanol–water partition coefficient (Wildman–Crippen LogP) is 3.72. The molecule has 1 N–H and O–H groups in total. The second-order valence-electron chi connectivity index (χ2n) is 4.66. The second kappa shape index (κ2) is 6.41. The van der Waals surface area contributed by atoms with Crippen molar-refractivity contribution in [3.8, 4) is 0 Å². The molecule has 0 saturated heterocycles. The summed E-state index contributed by atoms with van der Waals surface area (Å²) in [5.74, 6) is -1.81. The van der Waals surface area contributed by atoms with Crippen molar-refractivity contribution < 1.29 is 13.7 Å². The van der Waals surface area contributed by atoms with Crippen LogP contribution in [0.5, 0.6) is 0 Å². The Hall–Kier alpha value is -2.34. The van der Waals surface area contributed by atoms with Crippen LogP contribution in [0.4, 0.5) is 14.5 Å². The quantitative estimate of drug-likeness (QED) is 0.675. The number of nitrogens with zero attached hydrogens (tertiary/aromatic N) is 1. The van der Waals surface area contributed by atoms with E-state index in [4.69, 9.17) is 0 Å². The van der Waals surface area contributed by atoms with Crippen molar-refractivity contribution >= 4 is 5.69 Å². The molecule has 2 rings (SSSR count). The maximum atomic E-state index is 13.2. The second-order valence-corrected chi connectivity index (χ2v) is 4.66. The number of rotatable bonds is 5. The Kier molecular flexibility index (Phi) is 4.59. The van der Waals surface area contributed by atoms with Gasteiger partial charge in [-0.05, 0) is 24.6 Å². The Morgan fingerprint density at radius 1 is 1.19 bits per heavy atom. The molecule has 2 aromatic carbocycles. The van der Waals surface area contributed by atoms with Gasteiger partial charge in [0.25, 0.3) is 5.69 Å². The largest absolute Gasteiger partial charge is 0.306 e. The van der Waals surface area contributed by atoms with E-state index >= 15 is 0 Å². The molecule has 0 fully saturated rings. The van der Waals surface area contributed by atoms with Gasteiger partial charge in [-0.1, -0.05) is 24.3 Å². The van der Waals surface area contributed by atoms with Crippen molar-refractivity contribution in [2.24, 2.45) is 0 Å². The van der Waals surface area contributed by atoms with E-state index < -0.39 is 16.6 Å². The first-order valence-corrected chi connectivity index (χ1v) is 6.39. The molecule has 0 aliphatic rings. The van der Waals surface area contributed by atoms with Crippen LogP contribution in [-0.2, 0) is 6.54 Å². The molecule has 0 bridgehead atoms. The van der Waals surface area contributed by atoms with E-state index in [-0.39, 0.29) is 18.3 Å². The van der Waals surface area contributed by atoms with Crippen LogP contribution >= 0.6 is 0 Å². The molecule has 6 heteroatoms. The zero-order valence-electron chi connectivity index (χ0n) is 11.3. The molecule has 1 unspecified atom stereocenters. The van der Waals surface area contributed by atoms with E-state index in [2.05, 4.69) is 5.32 Å². The molecule has 21 heavy (non-hydrogen) atoms. The minimum Gasteiger partial charge on any atom is -0.306 e. The van der Waals surface area contributed by atoms with Crippen molar-refractivity contribution in [3.05, 3.63) is 75.3 Å². The zero-order valence-corrected chi connectivity index (χ0v) is 11.3. The standard InChI is InChI=1S/C15H14F2N2O2/c1-10(11-6-7-13(16)14(17)8-11)18-9-12-4-2-3-5-15(12)19(20)21/h2-8,10,18H,9H2,1H3. The molecular formula is C15H14F2N2O2. The average molecular weight is 292 g/mol. The number of halogens is 2. The van der Waals surface area contributed by atoms with Gasteiger partial charge in [0.2, 0.25) is 0 Å². The van der Waals surface area contributed by atoms with Gasteiger partial charge >= 0.3 is 0 Å². The lowest BCUT2D eigenvalue weighted by Gasteiger charge is -2.14.